The van der Waals surface area contributed by atoms with Gasteiger partial charge in [0.15, 0.2) is 11.6 Å². The summed E-state index contributed by atoms with van der Waals surface area (Å²) in [6, 6.07) is 1.64. The number of rotatable bonds is 4. The SMILES string of the molecule is CC.[B]C(O)(O)Oc1cc(F)c(C#N)c(F)c1C(=O)CCl. The fourth-order valence-electron chi connectivity index (χ4n) is 1.27. The maximum absolute atomic E-state index is 13.8. The molecule has 0 fully saturated rings. The molecule has 0 saturated heterocycles. The van der Waals surface area contributed by atoms with Crippen LogP contribution < -0.4 is 4.74 Å². The van der Waals surface area contributed by atoms with Gasteiger partial charge in [-0.15, -0.1) is 11.6 Å². The highest BCUT2D eigenvalue weighted by atomic mass is 35.5. The first kappa shape index (κ1) is 19.3. The van der Waals surface area contributed by atoms with Crippen LogP contribution in [-0.2, 0) is 0 Å². The Hall–Kier alpha value is -1.69. The van der Waals surface area contributed by atoms with E-state index in [-0.39, 0.29) is 0 Å². The molecule has 0 spiro atoms. The van der Waals surface area contributed by atoms with E-state index in [0.29, 0.717) is 6.07 Å². The zero-order valence-corrected chi connectivity index (χ0v) is 11.9. The van der Waals surface area contributed by atoms with E-state index in [9.17, 15) is 13.6 Å². The normalized spacial score (nSPS) is 10.2. The van der Waals surface area contributed by atoms with Crippen LogP contribution in [0.4, 0.5) is 8.78 Å². The Balaban J connectivity index is 0.00000191. The summed E-state index contributed by atoms with van der Waals surface area (Å²) < 4.78 is 31.4. The van der Waals surface area contributed by atoms with Gasteiger partial charge in [-0.3, -0.25) is 4.79 Å². The van der Waals surface area contributed by atoms with Crippen molar-refractivity contribution in [2.75, 3.05) is 5.88 Å². The predicted molar refractivity (Wildman–Crippen MR) is 71.0 cm³/mol. The smallest absolute Gasteiger partial charge is 0.259 e. The van der Waals surface area contributed by atoms with Crippen LogP contribution in [0, 0.1) is 23.0 Å². The number of ketones is 1. The third-order valence-corrected chi connectivity index (χ3v) is 2.20. The summed E-state index contributed by atoms with van der Waals surface area (Å²) in [7, 11) is 4.68. The van der Waals surface area contributed by atoms with Crippen molar-refractivity contribution in [3.8, 4) is 11.8 Å². The molecule has 0 aliphatic rings. The second-order valence-electron chi connectivity index (χ2n) is 3.35. The van der Waals surface area contributed by atoms with Gasteiger partial charge < -0.3 is 14.9 Å². The summed E-state index contributed by atoms with van der Waals surface area (Å²) in [5, 5.41) is 26.2. The second-order valence-corrected chi connectivity index (χ2v) is 3.62. The first-order valence-electron chi connectivity index (χ1n) is 5.65. The molecule has 2 N–H and O–H groups in total. The van der Waals surface area contributed by atoms with Crippen LogP contribution in [0.5, 0.6) is 5.75 Å². The number of halogens is 3. The number of hydrogen-bond donors (Lipinski definition) is 2. The van der Waals surface area contributed by atoms with Gasteiger partial charge in [0, 0.05) is 6.07 Å². The van der Waals surface area contributed by atoms with Crippen molar-refractivity contribution in [1.29, 1.82) is 5.26 Å². The van der Waals surface area contributed by atoms with Gasteiger partial charge in [-0.1, -0.05) is 13.8 Å². The molecule has 0 aliphatic heterocycles. The zero-order valence-electron chi connectivity index (χ0n) is 11.2. The van der Waals surface area contributed by atoms with Gasteiger partial charge in [-0.2, -0.15) is 5.26 Å². The molecule has 0 aliphatic carbocycles. The van der Waals surface area contributed by atoms with Crippen molar-refractivity contribution in [3.63, 3.8) is 0 Å². The van der Waals surface area contributed by atoms with Gasteiger partial charge in [0.05, 0.1) is 11.4 Å². The van der Waals surface area contributed by atoms with Crippen LogP contribution in [0.15, 0.2) is 6.07 Å². The van der Waals surface area contributed by atoms with Crippen LogP contribution in [0.2, 0.25) is 0 Å². The minimum atomic E-state index is -3.26. The summed E-state index contributed by atoms with van der Waals surface area (Å²) in [6.07, 6.45) is 0. The number of alkyl halides is 1. The zero-order chi connectivity index (χ0) is 16.8. The van der Waals surface area contributed by atoms with Crippen LogP contribution in [-0.4, -0.2) is 35.6 Å². The van der Waals surface area contributed by atoms with E-state index in [4.69, 9.17) is 27.1 Å². The third kappa shape index (κ3) is 4.97. The Morgan fingerprint density at radius 1 is 1.52 bits per heavy atom. The molecule has 1 aromatic carbocycles. The molecule has 1 rings (SSSR count). The van der Waals surface area contributed by atoms with Crippen molar-refractivity contribution in [2.45, 2.75) is 19.7 Å². The maximum Gasteiger partial charge on any atom is 0.259 e. The second kappa shape index (κ2) is 7.93. The third-order valence-electron chi connectivity index (χ3n) is 1.95. The lowest BCUT2D eigenvalue weighted by molar-refractivity contribution is -0.223. The minimum Gasteiger partial charge on any atom is -0.448 e. The summed E-state index contributed by atoms with van der Waals surface area (Å²) in [4.78, 5) is 11.4. The highest BCUT2D eigenvalue weighted by Gasteiger charge is 2.28. The molecule has 0 bridgehead atoms. The van der Waals surface area contributed by atoms with E-state index in [0.717, 1.165) is 0 Å². The summed E-state index contributed by atoms with van der Waals surface area (Å²) in [6.45, 7) is 4.00. The molecule has 0 atom stereocenters. The van der Waals surface area contributed by atoms with Crippen molar-refractivity contribution >= 4 is 25.2 Å². The van der Waals surface area contributed by atoms with Gasteiger partial charge in [-0.25, -0.2) is 8.78 Å². The fraction of sp³-hybridized carbons (Fsp3) is 0.333. The number of nitrogens with zero attached hydrogens (tertiary/aromatic N) is 1. The number of hydrogen-bond acceptors (Lipinski definition) is 5. The minimum absolute atomic E-state index is 0.426. The van der Waals surface area contributed by atoms with Crippen LogP contribution in [0.3, 0.4) is 0 Å². The number of nitriles is 1. The largest absolute Gasteiger partial charge is 0.448 e. The number of carbonyl (C=O) groups is 1. The molecule has 21 heavy (non-hydrogen) atoms. The van der Waals surface area contributed by atoms with E-state index >= 15 is 0 Å². The average molecular weight is 317 g/mol. The lowest BCUT2D eigenvalue weighted by Crippen LogP contribution is -2.36. The first-order chi connectivity index (χ1) is 9.71. The van der Waals surface area contributed by atoms with Crippen molar-refractivity contribution in [3.05, 3.63) is 28.8 Å². The quantitative estimate of drug-likeness (QED) is 0.379. The van der Waals surface area contributed by atoms with Gasteiger partial charge in [0.2, 0.25) is 7.85 Å². The molecule has 0 heterocycles. The lowest BCUT2D eigenvalue weighted by Gasteiger charge is -2.21. The molecule has 112 valence electrons. The summed E-state index contributed by atoms with van der Waals surface area (Å²) in [5.41, 5.74) is -1.93. The van der Waals surface area contributed by atoms with Crippen molar-refractivity contribution < 1.29 is 28.5 Å². The molecule has 2 radical (unpaired) electrons. The molecule has 0 unspecified atom stereocenters. The molecular weight excluding hydrogens is 306 g/mol. The van der Waals surface area contributed by atoms with Crippen LogP contribution >= 0.6 is 11.6 Å². The van der Waals surface area contributed by atoms with E-state index in [1.807, 2.05) is 13.8 Å². The molecule has 0 amide bonds. The molecule has 0 saturated carbocycles. The standard InChI is InChI=1S/C10H5BClF2NO4.C2H6/c11-10(17,18)19-7-1-5(13)4(3-15)9(14)8(7)6(16)2-12;1-2/h1,17-18H,2H2;1-2H3. The van der Waals surface area contributed by atoms with Crippen LogP contribution in [0.1, 0.15) is 29.8 Å². The molecular formula is C12H11BClF2NO4. The van der Waals surface area contributed by atoms with E-state index in [2.05, 4.69) is 12.6 Å². The average Bonchev–Trinajstić information content (AvgIpc) is 2.39. The molecule has 0 aromatic heterocycles. The lowest BCUT2D eigenvalue weighted by atomic mass is 10.0. The van der Waals surface area contributed by atoms with Crippen molar-refractivity contribution in [2.24, 2.45) is 0 Å². The van der Waals surface area contributed by atoms with Gasteiger partial charge >= 0.3 is 0 Å². The Labute approximate surface area is 126 Å². The first-order valence-corrected chi connectivity index (χ1v) is 6.18. The fourth-order valence-corrected chi connectivity index (χ4v) is 1.40. The van der Waals surface area contributed by atoms with Gasteiger partial charge in [-0.05, 0) is 0 Å². The highest BCUT2D eigenvalue weighted by Crippen LogP contribution is 2.29. The topological polar surface area (TPSA) is 90.5 Å². The Bertz CT molecular complexity index is 570. The summed E-state index contributed by atoms with van der Waals surface area (Å²) in [5.74, 6) is -8.76. The van der Waals surface area contributed by atoms with Crippen LogP contribution in [0.25, 0.3) is 0 Å². The van der Waals surface area contributed by atoms with E-state index < -0.39 is 46.0 Å². The Morgan fingerprint density at radius 2 is 2.05 bits per heavy atom. The predicted octanol–water partition coefficient (Wildman–Crippen LogP) is 1.43. The number of ether oxygens (including phenoxy) is 1. The Morgan fingerprint density at radius 3 is 2.43 bits per heavy atom. The maximum atomic E-state index is 13.8. The van der Waals surface area contributed by atoms with E-state index in [1.165, 1.54) is 6.07 Å². The molecule has 1 aromatic rings. The molecule has 9 heteroatoms. The van der Waals surface area contributed by atoms with E-state index in [1.54, 1.807) is 0 Å². The number of Topliss-reactive ketones (excluding diaryl/α,β-unsaturated/α-hetero) is 1. The van der Waals surface area contributed by atoms with Gasteiger partial charge in [0.25, 0.3) is 5.87 Å². The highest BCUT2D eigenvalue weighted by molar-refractivity contribution is 6.30. The van der Waals surface area contributed by atoms with Gasteiger partial charge in [0.1, 0.15) is 23.2 Å². The number of benzene rings is 1. The monoisotopic (exact) mass is 317 g/mol. The Kier molecular flexibility index (Phi) is 7.29. The van der Waals surface area contributed by atoms with Crippen molar-refractivity contribution in [1.82, 2.24) is 0 Å². The number of aliphatic hydroxyl groups is 2. The number of carbonyl (C=O) groups excluding carboxylic acids is 1. The summed E-state index contributed by atoms with van der Waals surface area (Å²) >= 11 is 5.23. The molecule has 5 nitrogen and oxygen atoms in total.